The summed E-state index contributed by atoms with van der Waals surface area (Å²) in [6.45, 7) is 8.17. The van der Waals surface area contributed by atoms with Gasteiger partial charge in [-0.1, -0.05) is 13.0 Å². The fourth-order valence-corrected chi connectivity index (χ4v) is 3.61. The molecule has 0 aliphatic carbocycles. The Balaban J connectivity index is 1.98. The molecule has 0 spiro atoms. The number of benzene rings is 1. The molecular weight excluding hydrogens is 400 g/mol. The lowest BCUT2D eigenvalue weighted by Gasteiger charge is -2.26. The van der Waals surface area contributed by atoms with Crippen LogP contribution in [0.15, 0.2) is 23.2 Å². The van der Waals surface area contributed by atoms with Crippen molar-refractivity contribution in [1.29, 1.82) is 0 Å². The lowest BCUT2D eigenvalue weighted by atomic mass is 10.1. The van der Waals surface area contributed by atoms with Gasteiger partial charge >= 0.3 is 6.18 Å². The largest absolute Gasteiger partial charge is 0.491 e. The predicted molar refractivity (Wildman–Crippen MR) is 110 cm³/mol. The van der Waals surface area contributed by atoms with Crippen LogP contribution < -0.4 is 10.1 Å². The summed E-state index contributed by atoms with van der Waals surface area (Å²) in [5.41, 5.74) is 0.726. The maximum atomic E-state index is 14.1. The average Bonchev–Trinajstić information content (AvgIpc) is 3.14. The van der Waals surface area contributed by atoms with Gasteiger partial charge in [0.15, 0.2) is 17.5 Å². The maximum Gasteiger partial charge on any atom is 0.401 e. The van der Waals surface area contributed by atoms with Crippen molar-refractivity contribution >= 4 is 5.96 Å². The Bertz CT molecular complexity index is 696. The standard InChI is InChI=1S/C21H32F4N4O/c1-4-26-20(27-12-16-7-8-19(30-6-3)18(22)11-16)29-10-9-17(14-29)13-28(5-2)15-21(23,24)25/h7-8,11,17H,4-6,9-10,12-15H2,1-3H3,(H,26,27). The second kappa shape index (κ2) is 11.4. The van der Waals surface area contributed by atoms with E-state index in [9.17, 15) is 17.6 Å². The summed E-state index contributed by atoms with van der Waals surface area (Å²) in [7, 11) is 0. The number of rotatable bonds is 9. The van der Waals surface area contributed by atoms with Gasteiger partial charge in [0.25, 0.3) is 0 Å². The van der Waals surface area contributed by atoms with E-state index >= 15 is 0 Å². The average molecular weight is 433 g/mol. The molecule has 1 aliphatic rings. The van der Waals surface area contributed by atoms with Crippen LogP contribution in [-0.2, 0) is 6.54 Å². The number of likely N-dealkylation sites (tertiary alicyclic amines) is 1. The quantitative estimate of drug-likeness (QED) is 0.365. The molecule has 0 amide bonds. The minimum Gasteiger partial charge on any atom is -0.491 e. The van der Waals surface area contributed by atoms with E-state index in [0.717, 1.165) is 18.5 Å². The fourth-order valence-electron chi connectivity index (χ4n) is 3.61. The van der Waals surface area contributed by atoms with Crippen LogP contribution in [0.4, 0.5) is 17.6 Å². The predicted octanol–water partition coefficient (Wildman–Crippen LogP) is 3.90. The summed E-state index contributed by atoms with van der Waals surface area (Å²) in [5, 5.41) is 3.23. The number of hydrogen-bond acceptors (Lipinski definition) is 3. The van der Waals surface area contributed by atoms with Crippen LogP contribution in [0.5, 0.6) is 5.75 Å². The van der Waals surface area contributed by atoms with Crippen molar-refractivity contribution in [2.24, 2.45) is 10.9 Å². The highest BCUT2D eigenvalue weighted by Gasteiger charge is 2.33. The van der Waals surface area contributed by atoms with Gasteiger partial charge in [0.2, 0.25) is 0 Å². The Kier molecular flexibility index (Phi) is 9.20. The highest BCUT2D eigenvalue weighted by Crippen LogP contribution is 2.22. The Morgan fingerprint density at radius 2 is 2.07 bits per heavy atom. The number of halogens is 4. The van der Waals surface area contributed by atoms with Gasteiger partial charge in [-0.05, 0) is 50.4 Å². The number of nitrogens with zero attached hydrogens (tertiary/aromatic N) is 3. The second-order valence-corrected chi connectivity index (χ2v) is 7.41. The molecule has 5 nitrogen and oxygen atoms in total. The summed E-state index contributed by atoms with van der Waals surface area (Å²) in [4.78, 5) is 8.12. The van der Waals surface area contributed by atoms with Gasteiger partial charge in [-0.3, -0.25) is 4.90 Å². The zero-order chi connectivity index (χ0) is 22.1. The minimum absolute atomic E-state index is 0.152. The van der Waals surface area contributed by atoms with Gasteiger partial charge in [0, 0.05) is 26.2 Å². The first-order valence-electron chi connectivity index (χ1n) is 10.5. The molecule has 9 heteroatoms. The van der Waals surface area contributed by atoms with E-state index in [1.165, 1.54) is 11.0 Å². The van der Waals surface area contributed by atoms with E-state index in [1.54, 1.807) is 26.0 Å². The summed E-state index contributed by atoms with van der Waals surface area (Å²) >= 11 is 0. The van der Waals surface area contributed by atoms with Crippen molar-refractivity contribution in [2.45, 2.75) is 39.9 Å². The smallest absolute Gasteiger partial charge is 0.401 e. The highest BCUT2D eigenvalue weighted by atomic mass is 19.4. The minimum atomic E-state index is -4.18. The molecular formula is C21H32F4N4O. The van der Waals surface area contributed by atoms with Gasteiger partial charge < -0.3 is 15.0 Å². The van der Waals surface area contributed by atoms with Crippen LogP contribution in [-0.4, -0.2) is 67.8 Å². The lowest BCUT2D eigenvalue weighted by molar-refractivity contribution is -0.146. The number of hydrogen-bond donors (Lipinski definition) is 1. The fraction of sp³-hybridized carbons (Fsp3) is 0.667. The molecule has 1 fully saturated rings. The monoisotopic (exact) mass is 432 g/mol. The van der Waals surface area contributed by atoms with Gasteiger partial charge in [0.05, 0.1) is 19.7 Å². The molecule has 0 saturated carbocycles. The number of guanidine groups is 1. The molecule has 0 radical (unpaired) electrons. The van der Waals surface area contributed by atoms with Crippen LogP contribution >= 0.6 is 0 Å². The normalized spacial score (nSPS) is 17.7. The zero-order valence-corrected chi connectivity index (χ0v) is 17.9. The summed E-state index contributed by atoms with van der Waals surface area (Å²) < 4.78 is 57.4. The van der Waals surface area contributed by atoms with Gasteiger partial charge in [0.1, 0.15) is 0 Å². The van der Waals surface area contributed by atoms with Crippen LogP contribution in [0.3, 0.4) is 0 Å². The second-order valence-electron chi connectivity index (χ2n) is 7.41. The van der Waals surface area contributed by atoms with Crippen molar-refractivity contribution in [1.82, 2.24) is 15.1 Å². The number of aliphatic imine (C=N–C) groups is 1. The highest BCUT2D eigenvalue weighted by molar-refractivity contribution is 5.80. The molecule has 30 heavy (non-hydrogen) atoms. The molecule has 0 bridgehead atoms. The van der Waals surface area contributed by atoms with E-state index in [4.69, 9.17) is 4.74 Å². The Hall–Kier alpha value is -2.03. The third-order valence-corrected chi connectivity index (χ3v) is 4.99. The molecule has 0 aromatic heterocycles. The van der Waals surface area contributed by atoms with Crippen molar-refractivity contribution < 1.29 is 22.3 Å². The van der Waals surface area contributed by atoms with Crippen molar-refractivity contribution in [3.8, 4) is 5.75 Å². The zero-order valence-electron chi connectivity index (χ0n) is 17.9. The first-order valence-corrected chi connectivity index (χ1v) is 10.5. The van der Waals surface area contributed by atoms with Crippen LogP contribution in [0, 0.1) is 11.7 Å². The van der Waals surface area contributed by atoms with E-state index in [1.807, 2.05) is 6.92 Å². The molecule has 2 rings (SSSR count). The molecule has 1 unspecified atom stereocenters. The van der Waals surface area contributed by atoms with E-state index in [-0.39, 0.29) is 11.7 Å². The third-order valence-electron chi connectivity index (χ3n) is 4.99. The molecule has 1 aromatic rings. The lowest BCUT2D eigenvalue weighted by Crippen LogP contribution is -2.41. The van der Waals surface area contributed by atoms with Crippen LogP contribution in [0.2, 0.25) is 0 Å². The van der Waals surface area contributed by atoms with Crippen LogP contribution in [0.1, 0.15) is 32.8 Å². The molecule has 1 N–H and O–H groups in total. The Labute approximate surface area is 176 Å². The van der Waals surface area contributed by atoms with Crippen molar-refractivity contribution in [3.63, 3.8) is 0 Å². The summed E-state index contributed by atoms with van der Waals surface area (Å²) in [5.74, 6) is 0.659. The first-order chi connectivity index (χ1) is 14.3. The molecule has 1 saturated heterocycles. The number of nitrogens with one attached hydrogen (secondary N) is 1. The summed E-state index contributed by atoms with van der Waals surface area (Å²) in [6.07, 6.45) is -3.37. The summed E-state index contributed by atoms with van der Waals surface area (Å²) in [6, 6.07) is 4.80. The molecule has 1 atom stereocenters. The van der Waals surface area contributed by atoms with E-state index in [2.05, 4.69) is 15.2 Å². The van der Waals surface area contributed by atoms with Gasteiger partial charge in [-0.25, -0.2) is 9.38 Å². The first kappa shape index (κ1) is 24.2. The topological polar surface area (TPSA) is 40.1 Å². The molecule has 1 heterocycles. The maximum absolute atomic E-state index is 14.1. The third kappa shape index (κ3) is 7.66. The van der Waals surface area contributed by atoms with Crippen LogP contribution in [0.25, 0.3) is 0 Å². The molecule has 170 valence electrons. The van der Waals surface area contributed by atoms with Crippen molar-refractivity contribution in [2.75, 3.05) is 45.9 Å². The Morgan fingerprint density at radius 1 is 1.30 bits per heavy atom. The van der Waals surface area contributed by atoms with Crippen molar-refractivity contribution in [3.05, 3.63) is 29.6 Å². The molecule has 1 aromatic carbocycles. The van der Waals surface area contributed by atoms with Gasteiger partial charge in [-0.15, -0.1) is 0 Å². The van der Waals surface area contributed by atoms with E-state index in [0.29, 0.717) is 45.3 Å². The Morgan fingerprint density at radius 3 is 2.67 bits per heavy atom. The number of alkyl halides is 3. The van der Waals surface area contributed by atoms with Gasteiger partial charge in [-0.2, -0.15) is 13.2 Å². The van der Waals surface area contributed by atoms with E-state index < -0.39 is 18.5 Å². The SMILES string of the molecule is CCNC(=NCc1ccc(OCC)c(F)c1)N1CCC(CN(CC)CC(F)(F)F)C1. The molecule has 1 aliphatic heterocycles. The number of ether oxygens (including phenoxy) is 1.